The van der Waals surface area contributed by atoms with E-state index >= 15 is 0 Å². The number of likely N-dealkylation sites (N-methyl/N-ethyl adjacent to an activating group) is 1. The lowest BCUT2D eigenvalue weighted by Crippen LogP contribution is -2.43. The maximum atomic E-state index is 5.38. The van der Waals surface area contributed by atoms with Crippen LogP contribution in [0, 0.1) is 0 Å². The number of nitrogens with one attached hydrogen (secondary N) is 2. The lowest BCUT2D eigenvalue weighted by Gasteiger charge is -2.31. The maximum absolute atomic E-state index is 5.38. The molecule has 3 rings (SSSR count). The highest BCUT2D eigenvalue weighted by atomic mass is 16.3. The molecule has 96 valence electrons. The van der Waals surface area contributed by atoms with Crippen LogP contribution in [0.3, 0.4) is 0 Å². The van der Waals surface area contributed by atoms with E-state index in [1.807, 2.05) is 13.1 Å². The predicted molar refractivity (Wildman–Crippen MR) is 71.5 cm³/mol. The molecule has 0 amide bonds. The van der Waals surface area contributed by atoms with Crippen molar-refractivity contribution in [3.63, 3.8) is 0 Å². The minimum absolute atomic E-state index is 0.333. The summed E-state index contributed by atoms with van der Waals surface area (Å²) < 4.78 is 5.38. The second-order valence-electron chi connectivity index (χ2n) is 4.90. The van der Waals surface area contributed by atoms with Crippen molar-refractivity contribution < 1.29 is 4.42 Å². The van der Waals surface area contributed by atoms with Gasteiger partial charge in [0, 0.05) is 12.1 Å². The maximum Gasteiger partial charge on any atom is 0.181 e. The van der Waals surface area contributed by atoms with Crippen molar-refractivity contribution in [2.45, 2.75) is 31.3 Å². The first-order valence-corrected chi connectivity index (χ1v) is 6.62. The summed E-state index contributed by atoms with van der Waals surface area (Å²) in [7, 11) is 2.02. The van der Waals surface area contributed by atoms with Crippen molar-refractivity contribution in [1.82, 2.24) is 15.6 Å². The summed E-state index contributed by atoms with van der Waals surface area (Å²) in [6.45, 7) is 1.12. The normalized spacial score (nSPS) is 22.2. The average molecular weight is 245 g/mol. The van der Waals surface area contributed by atoms with Gasteiger partial charge in [-0.1, -0.05) is 12.5 Å². The summed E-state index contributed by atoms with van der Waals surface area (Å²) in [6.07, 6.45) is 5.32. The number of oxazole rings is 1. The van der Waals surface area contributed by atoms with E-state index in [9.17, 15) is 0 Å². The minimum atomic E-state index is 0.333. The van der Waals surface area contributed by atoms with Crippen molar-refractivity contribution in [2.24, 2.45) is 0 Å². The standard InChI is InChI=1S/C14H19N3O/c1-15-14(12-4-2-3-7-16-12)10-5-6-11-13(8-10)18-9-17-11/h5-6,8-9,12,14-16H,2-4,7H2,1H3. The largest absolute Gasteiger partial charge is 0.443 e. The Hall–Kier alpha value is -1.39. The predicted octanol–water partition coefficient (Wildman–Crippen LogP) is 2.23. The molecule has 0 spiro atoms. The molecule has 2 N–H and O–H groups in total. The topological polar surface area (TPSA) is 50.1 Å². The van der Waals surface area contributed by atoms with Gasteiger partial charge in [0.05, 0.1) is 0 Å². The van der Waals surface area contributed by atoms with Gasteiger partial charge in [-0.3, -0.25) is 0 Å². The monoisotopic (exact) mass is 245 g/mol. The highest BCUT2D eigenvalue weighted by Crippen LogP contribution is 2.25. The number of benzene rings is 1. The van der Waals surface area contributed by atoms with Gasteiger partial charge in [0.15, 0.2) is 12.0 Å². The van der Waals surface area contributed by atoms with Gasteiger partial charge in [0.2, 0.25) is 0 Å². The molecule has 0 bridgehead atoms. The van der Waals surface area contributed by atoms with Crippen LogP contribution in [0.4, 0.5) is 0 Å². The number of hydrogen-bond donors (Lipinski definition) is 2. The quantitative estimate of drug-likeness (QED) is 0.870. The summed E-state index contributed by atoms with van der Waals surface area (Å²) in [5, 5.41) is 7.02. The molecule has 0 radical (unpaired) electrons. The van der Waals surface area contributed by atoms with Gasteiger partial charge in [-0.25, -0.2) is 4.98 Å². The van der Waals surface area contributed by atoms with E-state index in [2.05, 4.69) is 27.8 Å². The van der Waals surface area contributed by atoms with Crippen molar-refractivity contribution >= 4 is 11.1 Å². The fraction of sp³-hybridized carbons (Fsp3) is 0.500. The SMILES string of the molecule is CNC(c1ccc2ncoc2c1)C1CCCCN1. The molecule has 1 aromatic heterocycles. The molecule has 4 heteroatoms. The van der Waals surface area contributed by atoms with Crippen LogP contribution in [0.1, 0.15) is 30.9 Å². The van der Waals surface area contributed by atoms with Crippen LogP contribution in [0.5, 0.6) is 0 Å². The first kappa shape index (κ1) is 11.7. The third-order valence-electron chi connectivity index (χ3n) is 3.78. The third kappa shape index (κ3) is 2.13. The molecule has 0 aliphatic carbocycles. The second kappa shape index (κ2) is 5.08. The van der Waals surface area contributed by atoms with E-state index in [1.165, 1.54) is 31.2 Å². The number of nitrogens with zero attached hydrogens (tertiary/aromatic N) is 1. The Labute approximate surface area is 107 Å². The Balaban J connectivity index is 1.89. The van der Waals surface area contributed by atoms with E-state index in [0.717, 1.165) is 17.6 Å². The van der Waals surface area contributed by atoms with Crippen LogP contribution >= 0.6 is 0 Å². The van der Waals surface area contributed by atoms with Gasteiger partial charge in [0.1, 0.15) is 5.52 Å². The van der Waals surface area contributed by atoms with Crippen molar-refractivity contribution in [2.75, 3.05) is 13.6 Å². The van der Waals surface area contributed by atoms with Crippen LogP contribution in [-0.2, 0) is 0 Å². The molecule has 2 aromatic rings. The molecule has 1 aliphatic rings. The van der Waals surface area contributed by atoms with Crippen molar-refractivity contribution in [3.8, 4) is 0 Å². The number of hydrogen-bond acceptors (Lipinski definition) is 4. The van der Waals surface area contributed by atoms with E-state index in [0.29, 0.717) is 12.1 Å². The molecular formula is C14H19N3O. The zero-order chi connectivity index (χ0) is 12.4. The summed E-state index contributed by atoms with van der Waals surface area (Å²) in [4.78, 5) is 4.15. The Kier molecular flexibility index (Phi) is 3.30. The summed E-state index contributed by atoms with van der Waals surface area (Å²) in [5.41, 5.74) is 3.05. The van der Waals surface area contributed by atoms with Gasteiger partial charge >= 0.3 is 0 Å². The zero-order valence-corrected chi connectivity index (χ0v) is 10.6. The van der Waals surface area contributed by atoms with Crippen LogP contribution in [-0.4, -0.2) is 24.6 Å². The summed E-state index contributed by atoms with van der Waals surface area (Å²) >= 11 is 0. The molecule has 0 saturated carbocycles. The molecule has 1 saturated heterocycles. The van der Waals surface area contributed by atoms with E-state index in [4.69, 9.17) is 4.42 Å². The van der Waals surface area contributed by atoms with Crippen LogP contribution in [0.2, 0.25) is 0 Å². The first-order chi connectivity index (χ1) is 8.88. The molecule has 2 atom stereocenters. The number of fused-ring (bicyclic) bond motifs is 1. The number of piperidine rings is 1. The van der Waals surface area contributed by atoms with Gasteiger partial charge in [-0.15, -0.1) is 0 Å². The number of rotatable bonds is 3. The molecular weight excluding hydrogens is 226 g/mol. The smallest absolute Gasteiger partial charge is 0.181 e. The van der Waals surface area contributed by atoms with Gasteiger partial charge in [0.25, 0.3) is 0 Å². The molecule has 2 heterocycles. The van der Waals surface area contributed by atoms with E-state index in [-0.39, 0.29) is 0 Å². The molecule has 1 aromatic carbocycles. The zero-order valence-electron chi connectivity index (χ0n) is 10.6. The van der Waals surface area contributed by atoms with E-state index < -0.39 is 0 Å². The Morgan fingerprint density at radius 3 is 3.17 bits per heavy atom. The van der Waals surface area contributed by atoms with E-state index in [1.54, 1.807) is 0 Å². The Morgan fingerprint density at radius 1 is 1.44 bits per heavy atom. The lowest BCUT2D eigenvalue weighted by molar-refractivity contribution is 0.326. The Morgan fingerprint density at radius 2 is 2.39 bits per heavy atom. The first-order valence-electron chi connectivity index (χ1n) is 6.62. The number of aromatic nitrogens is 1. The van der Waals surface area contributed by atoms with Crippen molar-refractivity contribution in [3.05, 3.63) is 30.2 Å². The molecule has 2 unspecified atom stereocenters. The highest BCUT2D eigenvalue weighted by molar-refractivity contribution is 5.72. The van der Waals surface area contributed by atoms with Gasteiger partial charge < -0.3 is 15.1 Å². The molecule has 18 heavy (non-hydrogen) atoms. The fourth-order valence-corrected chi connectivity index (χ4v) is 2.83. The third-order valence-corrected chi connectivity index (χ3v) is 3.78. The fourth-order valence-electron chi connectivity index (χ4n) is 2.83. The molecule has 4 nitrogen and oxygen atoms in total. The lowest BCUT2D eigenvalue weighted by atomic mass is 9.92. The van der Waals surface area contributed by atoms with Gasteiger partial charge in [-0.05, 0) is 44.1 Å². The average Bonchev–Trinajstić information content (AvgIpc) is 2.88. The van der Waals surface area contributed by atoms with Crippen LogP contribution in [0.25, 0.3) is 11.1 Å². The second-order valence-corrected chi connectivity index (χ2v) is 4.90. The van der Waals surface area contributed by atoms with Crippen LogP contribution < -0.4 is 10.6 Å². The summed E-state index contributed by atoms with van der Waals surface area (Å²) in [5.74, 6) is 0. The molecule has 1 aliphatic heterocycles. The summed E-state index contributed by atoms with van der Waals surface area (Å²) in [6, 6.07) is 7.10. The van der Waals surface area contributed by atoms with Crippen molar-refractivity contribution in [1.29, 1.82) is 0 Å². The molecule has 1 fully saturated rings. The minimum Gasteiger partial charge on any atom is -0.443 e. The Bertz CT molecular complexity index is 516. The van der Waals surface area contributed by atoms with Crippen LogP contribution in [0.15, 0.2) is 29.0 Å². The highest BCUT2D eigenvalue weighted by Gasteiger charge is 2.23. The van der Waals surface area contributed by atoms with Gasteiger partial charge in [-0.2, -0.15) is 0 Å².